The van der Waals surface area contributed by atoms with Crippen LogP contribution in [0.15, 0.2) is 0 Å². The first-order valence-electron chi connectivity index (χ1n) is 4.89. The van der Waals surface area contributed by atoms with E-state index in [0.29, 0.717) is 5.41 Å². The zero-order chi connectivity index (χ0) is 9.83. The SMILES string of the molecule is CCCOCC(C)(C)C(C)(C)C. The van der Waals surface area contributed by atoms with E-state index >= 15 is 0 Å². The predicted molar refractivity (Wildman–Crippen MR) is 54.3 cm³/mol. The predicted octanol–water partition coefficient (Wildman–Crippen LogP) is 3.49. The highest BCUT2D eigenvalue weighted by Crippen LogP contribution is 2.37. The Morgan fingerprint density at radius 2 is 1.50 bits per heavy atom. The normalized spacial score (nSPS) is 13.5. The molecule has 0 bridgehead atoms. The van der Waals surface area contributed by atoms with E-state index < -0.39 is 0 Å². The minimum absolute atomic E-state index is 0.266. The maximum atomic E-state index is 5.57. The smallest absolute Gasteiger partial charge is 0.0522 e. The van der Waals surface area contributed by atoms with E-state index in [4.69, 9.17) is 4.74 Å². The molecule has 0 fully saturated rings. The second kappa shape index (κ2) is 4.27. The van der Waals surface area contributed by atoms with Crippen LogP contribution in [-0.2, 0) is 4.74 Å². The number of ether oxygens (including phenoxy) is 1. The van der Waals surface area contributed by atoms with Crippen LogP contribution in [0.1, 0.15) is 48.0 Å². The lowest BCUT2D eigenvalue weighted by Gasteiger charge is -2.38. The van der Waals surface area contributed by atoms with Crippen molar-refractivity contribution in [3.63, 3.8) is 0 Å². The van der Waals surface area contributed by atoms with E-state index in [-0.39, 0.29) is 5.41 Å². The molecule has 0 saturated heterocycles. The third kappa shape index (κ3) is 3.57. The van der Waals surface area contributed by atoms with Crippen LogP contribution in [0.4, 0.5) is 0 Å². The zero-order valence-corrected chi connectivity index (χ0v) is 9.53. The number of rotatable bonds is 4. The van der Waals surface area contributed by atoms with Crippen LogP contribution in [0.3, 0.4) is 0 Å². The van der Waals surface area contributed by atoms with Gasteiger partial charge in [-0.2, -0.15) is 0 Å². The van der Waals surface area contributed by atoms with Gasteiger partial charge in [-0.05, 0) is 17.3 Å². The quantitative estimate of drug-likeness (QED) is 0.590. The Bertz CT molecular complexity index is 119. The van der Waals surface area contributed by atoms with Gasteiger partial charge in [-0.1, -0.05) is 41.5 Å². The van der Waals surface area contributed by atoms with Gasteiger partial charge in [0.05, 0.1) is 6.61 Å². The Labute approximate surface area is 77.5 Å². The van der Waals surface area contributed by atoms with Crippen molar-refractivity contribution >= 4 is 0 Å². The van der Waals surface area contributed by atoms with E-state index in [2.05, 4.69) is 41.5 Å². The topological polar surface area (TPSA) is 9.23 Å². The molecular weight excluding hydrogens is 148 g/mol. The summed E-state index contributed by atoms with van der Waals surface area (Å²) in [5.74, 6) is 0. The molecule has 0 aromatic carbocycles. The summed E-state index contributed by atoms with van der Waals surface area (Å²) in [4.78, 5) is 0. The Balaban J connectivity index is 3.88. The molecule has 1 heteroatoms. The molecule has 0 N–H and O–H groups in total. The molecule has 0 radical (unpaired) electrons. The van der Waals surface area contributed by atoms with Crippen LogP contribution in [0.2, 0.25) is 0 Å². The van der Waals surface area contributed by atoms with Gasteiger partial charge < -0.3 is 4.74 Å². The second-order valence-electron chi connectivity index (χ2n) is 5.19. The summed E-state index contributed by atoms with van der Waals surface area (Å²) in [6, 6.07) is 0. The van der Waals surface area contributed by atoms with Crippen molar-refractivity contribution in [2.75, 3.05) is 13.2 Å². The molecule has 0 aromatic heterocycles. The highest BCUT2D eigenvalue weighted by Gasteiger charge is 2.32. The molecule has 0 aliphatic carbocycles. The molecule has 0 spiro atoms. The molecule has 0 aliphatic heterocycles. The minimum atomic E-state index is 0.266. The maximum Gasteiger partial charge on any atom is 0.0522 e. The van der Waals surface area contributed by atoms with Crippen molar-refractivity contribution in [2.45, 2.75) is 48.0 Å². The molecule has 0 aromatic rings. The maximum absolute atomic E-state index is 5.57. The Morgan fingerprint density at radius 3 is 1.83 bits per heavy atom. The standard InChI is InChI=1S/C11H24O/c1-7-8-12-9-11(5,6)10(2,3)4/h7-9H2,1-6H3. The van der Waals surface area contributed by atoms with Gasteiger partial charge in [0.15, 0.2) is 0 Å². The lowest BCUT2D eigenvalue weighted by molar-refractivity contribution is -0.000113. The fraction of sp³-hybridized carbons (Fsp3) is 1.00. The summed E-state index contributed by atoms with van der Waals surface area (Å²) < 4.78 is 5.57. The molecule has 0 aliphatic rings. The Kier molecular flexibility index (Phi) is 4.25. The average Bonchev–Trinajstić information content (AvgIpc) is 1.85. The van der Waals surface area contributed by atoms with E-state index in [9.17, 15) is 0 Å². The van der Waals surface area contributed by atoms with Crippen LogP contribution >= 0.6 is 0 Å². The lowest BCUT2D eigenvalue weighted by atomic mass is 9.70. The van der Waals surface area contributed by atoms with Crippen LogP contribution in [0.5, 0.6) is 0 Å². The molecular formula is C11H24O. The van der Waals surface area contributed by atoms with E-state index in [1.165, 1.54) is 0 Å². The number of hydrogen-bond donors (Lipinski definition) is 0. The molecule has 1 nitrogen and oxygen atoms in total. The Morgan fingerprint density at radius 1 is 1.00 bits per heavy atom. The molecule has 0 saturated carbocycles. The Hall–Kier alpha value is -0.0400. The summed E-state index contributed by atoms with van der Waals surface area (Å²) in [5, 5.41) is 0. The molecule has 0 atom stereocenters. The van der Waals surface area contributed by atoms with Crippen LogP contribution in [-0.4, -0.2) is 13.2 Å². The van der Waals surface area contributed by atoms with Gasteiger partial charge in [-0.15, -0.1) is 0 Å². The van der Waals surface area contributed by atoms with Crippen molar-refractivity contribution < 1.29 is 4.74 Å². The molecule has 0 heterocycles. The molecule has 12 heavy (non-hydrogen) atoms. The fourth-order valence-corrected chi connectivity index (χ4v) is 0.688. The van der Waals surface area contributed by atoms with Crippen molar-refractivity contribution in [1.29, 1.82) is 0 Å². The van der Waals surface area contributed by atoms with E-state index in [0.717, 1.165) is 19.6 Å². The first kappa shape index (κ1) is 12.0. The van der Waals surface area contributed by atoms with Gasteiger partial charge in [0.2, 0.25) is 0 Å². The summed E-state index contributed by atoms with van der Waals surface area (Å²) in [5.41, 5.74) is 0.586. The molecule has 0 unspecified atom stereocenters. The van der Waals surface area contributed by atoms with Crippen LogP contribution in [0.25, 0.3) is 0 Å². The van der Waals surface area contributed by atoms with Crippen molar-refractivity contribution in [1.82, 2.24) is 0 Å². The minimum Gasteiger partial charge on any atom is -0.381 e. The summed E-state index contributed by atoms with van der Waals surface area (Å²) in [6.07, 6.45) is 1.11. The van der Waals surface area contributed by atoms with Gasteiger partial charge in [0.25, 0.3) is 0 Å². The van der Waals surface area contributed by atoms with Crippen molar-refractivity contribution in [3.05, 3.63) is 0 Å². The third-order valence-electron chi connectivity index (χ3n) is 2.84. The highest BCUT2D eigenvalue weighted by molar-refractivity contribution is 4.81. The molecule has 0 rings (SSSR count). The summed E-state index contributed by atoms with van der Waals surface area (Å²) in [7, 11) is 0. The van der Waals surface area contributed by atoms with Gasteiger partial charge >= 0.3 is 0 Å². The van der Waals surface area contributed by atoms with Gasteiger partial charge in [0.1, 0.15) is 0 Å². The van der Waals surface area contributed by atoms with Crippen LogP contribution < -0.4 is 0 Å². The molecule has 74 valence electrons. The first-order valence-corrected chi connectivity index (χ1v) is 4.89. The van der Waals surface area contributed by atoms with Gasteiger partial charge in [-0.3, -0.25) is 0 Å². The zero-order valence-electron chi connectivity index (χ0n) is 9.53. The van der Waals surface area contributed by atoms with Gasteiger partial charge in [-0.25, -0.2) is 0 Å². The summed E-state index contributed by atoms with van der Waals surface area (Å²) in [6.45, 7) is 15.2. The van der Waals surface area contributed by atoms with Gasteiger partial charge in [0, 0.05) is 6.61 Å². The van der Waals surface area contributed by atoms with Crippen LogP contribution in [0, 0.1) is 10.8 Å². The monoisotopic (exact) mass is 172 g/mol. The fourth-order valence-electron chi connectivity index (χ4n) is 0.688. The van der Waals surface area contributed by atoms with Crippen molar-refractivity contribution in [2.24, 2.45) is 10.8 Å². The molecule has 0 amide bonds. The lowest BCUT2D eigenvalue weighted by Crippen LogP contribution is -2.34. The van der Waals surface area contributed by atoms with Crippen molar-refractivity contribution in [3.8, 4) is 0 Å². The largest absolute Gasteiger partial charge is 0.381 e. The van der Waals surface area contributed by atoms with E-state index in [1.54, 1.807) is 0 Å². The second-order valence-corrected chi connectivity index (χ2v) is 5.19. The number of hydrogen-bond acceptors (Lipinski definition) is 1. The average molecular weight is 172 g/mol. The van der Waals surface area contributed by atoms with E-state index in [1.807, 2.05) is 0 Å². The highest BCUT2D eigenvalue weighted by atomic mass is 16.5. The first-order chi connectivity index (χ1) is 5.31. The third-order valence-corrected chi connectivity index (χ3v) is 2.84. The summed E-state index contributed by atoms with van der Waals surface area (Å²) >= 11 is 0.